The lowest BCUT2D eigenvalue weighted by molar-refractivity contribution is 0.0991. The van der Waals surface area contributed by atoms with Gasteiger partial charge in [-0.15, -0.1) is 11.3 Å². The number of nitrogens with zero attached hydrogens (tertiary/aromatic N) is 1. The lowest BCUT2D eigenvalue weighted by atomic mass is 9.98. The van der Waals surface area contributed by atoms with Gasteiger partial charge < -0.3 is 5.32 Å². The van der Waals surface area contributed by atoms with E-state index in [1.54, 1.807) is 0 Å². The first-order valence-corrected chi connectivity index (χ1v) is 8.18. The summed E-state index contributed by atoms with van der Waals surface area (Å²) in [5, 5.41) is 5.75. The highest BCUT2D eigenvalue weighted by molar-refractivity contribution is 7.09. The summed E-state index contributed by atoms with van der Waals surface area (Å²) in [5.41, 5.74) is 0. The minimum atomic E-state index is 0.662. The van der Waals surface area contributed by atoms with Gasteiger partial charge >= 0.3 is 0 Å². The molecule has 1 aromatic rings. The van der Waals surface area contributed by atoms with Crippen molar-refractivity contribution in [3.63, 3.8) is 0 Å². The number of hydrogen-bond acceptors (Lipinski definition) is 3. The van der Waals surface area contributed by atoms with Gasteiger partial charge in [-0.05, 0) is 44.2 Å². The number of rotatable bonds is 6. The molecule has 0 radical (unpaired) electrons. The van der Waals surface area contributed by atoms with Crippen LogP contribution in [0.15, 0.2) is 17.5 Å². The van der Waals surface area contributed by atoms with Crippen molar-refractivity contribution >= 4 is 11.3 Å². The number of likely N-dealkylation sites (tertiary alicyclic amines) is 1. The highest BCUT2D eigenvalue weighted by Gasteiger charge is 2.24. The first-order valence-electron chi connectivity index (χ1n) is 7.30. The number of nitrogens with one attached hydrogen (secondary N) is 1. The fraction of sp³-hybridized carbons (Fsp3) is 0.733. The van der Waals surface area contributed by atoms with Gasteiger partial charge in [-0.1, -0.05) is 19.4 Å². The zero-order chi connectivity index (χ0) is 12.8. The van der Waals surface area contributed by atoms with Crippen LogP contribution in [0.25, 0.3) is 0 Å². The molecule has 1 aromatic heterocycles. The summed E-state index contributed by atoms with van der Waals surface area (Å²) in [4.78, 5) is 4.15. The summed E-state index contributed by atoms with van der Waals surface area (Å²) in [7, 11) is 0. The van der Waals surface area contributed by atoms with E-state index >= 15 is 0 Å². The lowest BCUT2D eigenvalue weighted by Gasteiger charge is -2.39. The Labute approximate surface area is 115 Å². The summed E-state index contributed by atoms with van der Waals surface area (Å²) in [5.74, 6) is 0. The van der Waals surface area contributed by atoms with Crippen LogP contribution in [0.5, 0.6) is 0 Å². The second kappa shape index (κ2) is 7.27. The summed E-state index contributed by atoms with van der Waals surface area (Å²) in [6.45, 7) is 8.12. The van der Waals surface area contributed by atoms with Crippen LogP contribution < -0.4 is 5.32 Å². The van der Waals surface area contributed by atoms with Crippen LogP contribution in [0.1, 0.15) is 44.4 Å². The second-order valence-corrected chi connectivity index (χ2v) is 6.39. The van der Waals surface area contributed by atoms with Crippen LogP contribution >= 0.6 is 11.3 Å². The fourth-order valence-corrected chi connectivity index (χ4v) is 3.65. The highest BCUT2D eigenvalue weighted by Crippen LogP contribution is 2.21. The molecule has 0 amide bonds. The van der Waals surface area contributed by atoms with Gasteiger partial charge in [0.25, 0.3) is 0 Å². The smallest absolute Gasteiger partial charge is 0.0300 e. The normalized spacial score (nSPS) is 23.1. The molecule has 1 aliphatic heterocycles. The molecule has 0 spiro atoms. The number of piperidine rings is 1. The maximum Gasteiger partial charge on any atom is 0.0300 e. The van der Waals surface area contributed by atoms with Gasteiger partial charge in [0.1, 0.15) is 0 Å². The van der Waals surface area contributed by atoms with Crippen molar-refractivity contribution in [1.82, 2.24) is 10.2 Å². The van der Waals surface area contributed by atoms with Crippen LogP contribution in [0.4, 0.5) is 0 Å². The van der Waals surface area contributed by atoms with Crippen molar-refractivity contribution in [3.8, 4) is 0 Å². The molecule has 1 saturated heterocycles. The molecule has 2 heterocycles. The van der Waals surface area contributed by atoms with Crippen molar-refractivity contribution in [1.29, 1.82) is 0 Å². The van der Waals surface area contributed by atoms with Gasteiger partial charge in [-0.25, -0.2) is 0 Å². The van der Waals surface area contributed by atoms with Gasteiger partial charge in [-0.3, -0.25) is 4.90 Å². The average Bonchev–Trinajstić information content (AvgIpc) is 2.91. The van der Waals surface area contributed by atoms with Crippen LogP contribution in [-0.4, -0.2) is 30.1 Å². The number of thiophene rings is 1. The molecule has 1 N–H and O–H groups in total. The summed E-state index contributed by atoms with van der Waals surface area (Å²) in [6, 6.07) is 5.81. The predicted molar refractivity (Wildman–Crippen MR) is 80.1 cm³/mol. The third kappa shape index (κ3) is 3.81. The Morgan fingerprint density at radius 2 is 2.39 bits per heavy atom. The largest absolute Gasteiger partial charge is 0.310 e. The van der Waals surface area contributed by atoms with Crippen molar-refractivity contribution in [2.45, 2.75) is 58.2 Å². The Balaban J connectivity index is 1.74. The first-order chi connectivity index (χ1) is 8.81. The summed E-state index contributed by atoms with van der Waals surface area (Å²) in [6.07, 6.45) is 5.50. The van der Waals surface area contributed by atoms with E-state index in [0.717, 1.165) is 19.1 Å². The van der Waals surface area contributed by atoms with Gasteiger partial charge in [0.05, 0.1) is 0 Å². The second-order valence-electron chi connectivity index (χ2n) is 5.35. The molecular weight excluding hydrogens is 240 g/mol. The third-order valence-corrected chi connectivity index (χ3v) is 4.91. The Kier molecular flexibility index (Phi) is 5.67. The zero-order valence-corrected chi connectivity index (χ0v) is 12.5. The van der Waals surface area contributed by atoms with Crippen LogP contribution in [0, 0.1) is 0 Å². The summed E-state index contributed by atoms with van der Waals surface area (Å²) >= 11 is 1.84. The van der Waals surface area contributed by atoms with E-state index in [-0.39, 0.29) is 0 Å². The molecule has 18 heavy (non-hydrogen) atoms. The zero-order valence-electron chi connectivity index (χ0n) is 11.7. The molecule has 0 bridgehead atoms. The molecule has 2 unspecified atom stereocenters. The Morgan fingerprint density at radius 1 is 1.50 bits per heavy atom. The molecule has 1 fully saturated rings. The lowest BCUT2D eigenvalue weighted by Crippen LogP contribution is -2.48. The van der Waals surface area contributed by atoms with Crippen LogP contribution in [0.2, 0.25) is 0 Å². The van der Waals surface area contributed by atoms with Gasteiger partial charge in [0.15, 0.2) is 0 Å². The van der Waals surface area contributed by atoms with Crippen LogP contribution in [-0.2, 0) is 6.54 Å². The minimum absolute atomic E-state index is 0.662. The van der Waals surface area contributed by atoms with Crippen LogP contribution in [0.3, 0.4) is 0 Å². The third-order valence-electron chi connectivity index (χ3n) is 4.03. The molecule has 2 nitrogen and oxygen atoms in total. The van der Waals surface area contributed by atoms with E-state index in [9.17, 15) is 0 Å². The molecular formula is C15H26N2S. The standard InChI is InChI=1S/C15H26N2S/c1-3-14-7-4-5-9-17(14)13(2)11-16-12-15-8-6-10-18-15/h6,8,10,13-14,16H,3-5,7,9,11-12H2,1-2H3. The maximum absolute atomic E-state index is 3.60. The number of hydrogen-bond donors (Lipinski definition) is 1. The molecule has 2 rings (SSSR count). The first kappa shape index (κ1) is 14.0. The van der Waals surface area contributed by atoms with Crippen molar-refractivity contribution in [3.05, 3.63) is 22.4 Å². The fourth-order valence-electron chi connectivity index (χ4n) is 2.98. The Bertz CT molecular complexity index is 323. The molecule has 1 aliphatic rings. The van der Waals surface area contributed by atoms with Crippen molar-refractivity contribution < 1.29 is 0 Å². The molecule has 0 aliphatic carbocycles. The summed E-state index contributed by atoms with van der Waals surface area (Å²) < 4.78 is 0. The Morgan fingerprint density at radius 3 is 3.11 bits per heavy atom. The predicted octanol–water partition coefficient (Wildman–Crippen LogP) is 3.49. The van der Waals surface area contributed by atoms with E-state index in [2.05, 4.69) is 41.6 Å². The minimum Gasteiger partial charge on any atom is -0.310 e. The molecule has 0 aromatic carbocycles. The molecule has 3 heteroatoms. The van der Waals surface area contributed by atoms with E-state index in [1.165, 1.54) is 37.1 Å². The SMILES string of the molecule is CCC1CCCCN1C(C)CNCc1cccs1. The van der Waals surface area contributed by atoms with Crippen molar-refractivity contribution in [2.24, 2.45) is 0 Å². The van der Waals surface area contributed by atoms with Gasteiger partial charge in [0, 0.05) is 30.1 Å². The monoisotopic (exact) mass is 266 g/mol. The molecule has 0 saturated carbocycles. The Hall–Kier alpha value is -0.380. The topological polar surface area (TPSA) is 15.3 Å². The van der Waals surface area contributed by atoms with E-state index < -0.39 is 0 Å². The quantitative estimate of drug-likeness (QED) is 0.848. The molecule has 2 atom stereocenters. The average molecular weight is 266 g/mol. The van der Waals surface area contributed by atoms with E-state index in [4.69, 9.17) is 0 Å². The van der Waals surface area contributed by atoms with Gasteiger partial charge in [0.2, 0.25) is 0 Å². The molecule has 102 valence electrons. The maximum atomic E-state index is 3.60. The van der Waals surface area contributed by atoms with Gasteiger partial charge in [-0.2, -0.15) is 0 Å². The van der Waals surface area contributed by atoms with E-state index in [0.29, 0.717) is 6.04 Å². The highest BCUT2D eigenvalue weighted by atomic mass is 32.1. The van der Waals surface area contributed by atoms with E-state index in [1.807, 2.05) is 11.3 Å². The van der Waals surface area contributed by atoms with Crippen molar-refractivity contribution in [2.75, 3.05) is 13.1 Å².